The van der Waals surface area contributed by atoms with Crippen LogP contribution in [0.25, 0.3) is 0 Å². The van der Waals surface area contributed by atoms with Crippen LogP contribution >= 0.6 is 0 Å². The number of nitrogens with zero attached hydrogens (tertiary/aromatic N) is 1. The van der Waals surface area contributed by atoms with E-state index in [2.05, 4.69) is 12.2 Å². The van der Waals surface area contributed by atoms with Gasteiger partial charge in [0.05, 0.1) is 18.8 Å². The smallest absolute Gasteiger partial charge is 0.238 e. The Kier molecular flexibility index (Phi) is 7.64. The number of benzene rings is 1. The van der Waals surface area contributed by atoms with Crippen LogP contribution < -0.4 is 5.32 Å². The largest absolute Gasteiger partial charge is 0.395 e. The summed E-state index contributed by atoms with van der Waals surface area (Å²) in [7, 11) is 0. The summed E-state index contributed by atoms with van der Waals surface area (Å²) in [6, 6.07) is 6.97. The second kappa shape index (κ2) is 9.26. The number of anilines is 1. The van der Waals surface area contributed by atoms with Gasteiger partial charge in [0.2, 0.25) is 5.91 Å². The highest BCUT2D eigenvalue weighted by Gasteiger charge is 2.13. The number of unbranched alkanes of at least 4 members (excludes halogenated alkanes) is 1. The second-order valence-electron chi connectivity index (χ2n) is 5.00. The summed E-state index contributed by atoms with van der Waals surface area (Å²) in [5.74, 6) is -0.252. The lowest BCUT2D eigenvalue weighted by Crippen LogP contribution is -2.36. The van der Waals surface area contributed by atoms with Crippen molar-refractivity contribution in [2.45, 2.75) is 26.7 Å². The number of amides is 1. The predicted molar refractivity (Wildman–Crippen MR) is 83.5 cm³/mol. The number of para-hydroxylation sites is 1. The van der Waals surface area contributed by atoms with Gasteiger partial charge in [0, 0.05) is 12.1 Å². The summed E-state index contributed by atoms with van der Waals surface area (Å²) in [6.45, 7) is 5.05. The number of carbonyl (C=O) groups is 2. The summed E-state index contributed by atoms with van der Waals surface area (Å²) in [5.41, 5.74) is 1.04. The third kappa shape index (κ3) is 6.06. The third-order valence-electron chi connectivity index (χ3n) is 3.19. The van der Waals surface area contributed by atoms with Crippen molar-refractivity contribution in [1.29, 1.82) is 0 Å². The number of ketones is 1. The molecule has 0 fully saturated rings. The summed E-state index contributed by atoms with van der Waals surface area (Å²) in [4.78, 5) is 25.5. The first kappa shape index (κ1) is 17.3. The number of aliphatic hydroxyl groups is 1. The quantitative estimate of drug-likeness (QED) is 0.682. The molecule has 0 bridgehead atoms. The fraction of sp³-hybridized carbons (Fsp3) is 0.500. The Balaban J connectivity index is 2.65. The fourth-order valence-corrected chi connectivity index (χ4v) is 2.09. The van der Waals surface area contributed by atoms with Crippen LogP contribution in [0, 0.1) is 0 Å². The molecule has 2 N–H and O–H groups in total. The van der Waals surface area contributed by atoms with Crippen molar-refractivity contribution in [3.8, 4) is 0 Å². The highest BCUT2D eigenvalue weighted by Crippen LogP contribution is 2.15. The van der Waals surface area contributed by atoms with Gasteiger partial charge in [-0.05, 0) is 32.0 Å². The van der Waals surface area contributed by atoms with E-state index in [0.717, 1.165) is 19.4 Å². The van der Waals surface area contributed by atoms with Crippen molar-refractivity contribution in [2.24, 2.45) is 0 Å². The van der Waals surface area contributed by atoms with Crippen LogP contribution in [0.15, 0.2) is 24.3 Å². The molecular weight excluding hydrogens is 268 g/mol. The van der Waals surface area contributed by atoms with Gasteiger partial charge in [0.15, 0.2) is 5.78 Å². The first-order valence-electron chi connectivity index (χ1n) is 7.31. The number of carbonyl (C=O) groups excluding carboxylic acids is 2. The van der Waals surface area contributed by atoms with Crippen molar-refractivity contribution < 1.29 is 14.7 Å². The number of aliphatic hydroxyl groups excluding tert-OH is 1. The van der Waals surface area contributed by atoms with Gasteiger partial charge in [0.1, 0.15) is 0 Å². The number of rotatable bonds is 9. The van der Waals surface area contributed by atoms with E-state index in [1.807, 2.05) is 4.90 Å². The molecule has 0 atom stereocenters. The maximum Gasteiger partial charge on any atom is 0.238 e. The van der Waals surface area contributed by atoms with Crippen molar-refractivity contribution in [3.63, 3.8) is 0 Å². The van der Waals surface area contributed by atoms with E-state index in [0.29, 0.717) is 17.8 Å². The van der Waals surface area contributed by atoms with Crippen LogP contribution in [-0.4, -0.2) is 47.9 Å². The highest BCUT2D eigenvalue weighted by molar-refractivity contribution is 6.04. The van der Waals surface area contributed by atoms with Gasteiger partial charge in [-0.25, -0.2) is 0 Å². The van der Waals surface area contributed by atoms with Crippen molar-refractivity contribution >= 4 is 17.4 Å². The van der Waals surface area contributed by atoms with E-state index in [1.54, 1.807) is 24.3 Å². The van der Waals surface area contributed by atoms with Crippen molar-refractivity contribution in [2.75, 3.05) is 31.6 Å². The Hall–Kier alpha value is -1.72. The highest BCUT2D eigenvalue weighted by atomic mass is 16.3. The lowest BCUT2D eigenvalue weighted by molar-refractivity contribution is -0.117. The molecule has 0 aliphatic rings. The molecule has 0 radical (unpaired) electrons. The van der Waals surface area contributed by atoms with E-state index in [1.165, 1.54) is 6.92 Å². The summed E-state index contributed by atoms with van der Waals surface area (Å²) in [5, 5.41) is 11.8. The van der Waals surface area contributed by atoms with Crippen LogP contribution in [0.2, 0.25) is 0 Å². The zero-order chi connectivity index (χ0) is 15.7. The summed E-state index contributed by atoms with van der Waals surface area (Å²) >= 11 is 0. The lowest BCUT2D eigenvalue weighted by atomic mass is 10.1. The molecule has 1 aromatic rings. The van der Waals surface area contributed by atoms with Gasteiger partial charge in [-0.1, -0.05) is 25.5 Å². The molecule has 5 nitrogen and oxygen atoms in total. The Morgan fingerprint density at radius 1 is 1.24 bits per heavy atom. The van der Waals surface area contributed by atoms with Crippen LogP contribution in [-0.2, 0) is 4.79 Å². The predicted octanol–water partition coefficient (Wildman–Crippen LogP) is 1.92. The van der Waals surface area contributed by atoms with Crippen molar-refractivity contribution in [1.82, 2.24) is 4.90 Å². The molecule has 116 valence electrons. The number of nitrogens with one attached hydrogen (secondary N) is 1. The molecule has 1 aromatic carbocycles. The molecule has 0 unspecified atom stereocenters. The van der Waals surface area contributed by atoms with Crippen molar-refractivity contribution in [3.05, 3.63) is 29.8 Å². The number of hydrogen-bond donors (Lipinski definition) is 2. The monoisotopic (exact) mass is 292 g/mol. The van der Waals surface area contributed by atoms with Gasteiger partial charge in [-0.2, -0.15) is 0 Å². The minimum atomic E-state index is -0.173. The van der Waals surface area contributed by atoms with Gasteiger partial charge < -0.3 is 10.4 Å². The van der Waals surface area contributed by atoms with Gasteiger partial charge >= 0.3 is 0 Å². The van der Waals surface area contributed by atoms with Crippen LogP contribution in [0.5, 0.6) is 0 Å². The van der Waals surface area contributed by atoms with E-state index >= 15 is 0 Å². The molecule has 0 saturated heterocycles. The van der Waals surface area contributed by atoms with Crippen LogP contribution in [0.4, 0.5) is 5.69 Å². The molecule has 1 rings (SSSR count). The standard InChI is InChI=1S/C16H24N2O3/c1-3-4-9-18(10-11-19)12-16(21)17-15-8-6-5-7-14(15)13(2)20/h5-8,19H,3-4,9-12H2,1-2H3,(H,17,21). The van der Waals surface area contributed by atoms with Crippen LogP contribution in [0.3, 0.4) is 0 Å². The maximum atomic E-state index is 12.1. The fourth-order valence-electron chi connectivity index (χ4n) is 2.09. The average molecular weight is 292 g/mol. The number of Topliss-reactive ketones (excluding diaryl/α,β-unsaturated/α-hetero) is 1. The second-order valence-corrected chi connectivity index (χ2v) is 5.00. The first-order chi connectivity index (χ1) is 10.1. The minimum Gasteiger partial charge on any atom is -0.395 e. The molecule has 0 aliphatic carbocycles. The molecular formula is C16H24N2O3. The molecule has 0 aromatic heterocycles. The van der Waals surface area contributed by atoms with E-state index in [9.17, 15) is 9.59 Å². The normalized spacial score (nSPS) is 10.7. The Morgan fingerprint density at radius 3 is 2.57 bits per heavy atom. The summed E-state index contributed by atoms with van der Waals surface area (Å²) < 4.78 is 0. The topological polar surface area (TPSA) is 69.6 Å². The van der Waals surface area contributed by atoms with E-state index in [4.69, 9.17) is 5.11 Å². The first-order valence-corrected chi connectivity index (χ1v) is 7.31. The maximum absolute atomic E-state index is 12.1. The summed E-state index contributed by atoms with van der Waals surface area (Å²) in [6.07, 6.45) is 2.02. The zero-order valence-electron chi connectivity index (χ0n) is 12.8. The molecule has 0 saturated carbocycles. The molecule has 0 aliphatic heterocycles. The SMILES string of the molecule is CCCCN(CCO)CC(=O)Nc1ccccc1C(C)=O. The Labute approximate surface area is 126 Å². The van der Waals surface area contributed by atoms with E-state index < -0.39 is 0 Å². The number of hydrogen-bond acceptors (Lipinski definition) is 4. The Bertz CT molecular complexity index is 474. The zero-order valence-corrected chi connectivity index (χ0v) is 12.8. The molecule has 0 heterocycles. The minimum absolute atomic E-state index is 0.0288. The third-order valence-corrected chi connectivity index (χ3v) is 3.19. The molecule has 5 heteroatoms. The van der Waals surface area contributed by atoms with Crippen LogP contribution in [0.1, 0.15) is 37.0 Å². The van der Waals surface area contributed by atoms with Gasteiger partial charge in [-0.3, -0.25) is 14.5 Å². The van der Waals surface area contributed by atoms with Gasteiger partial charge in [0.25, 0.3) is 0 Å². The van der Waals surface area contributed by atoms with E-state index in [-0.39, 0.29) is 24.8 Å². The van der Waals surface area contributed by atoms with Gasteiger partial charge in [-0.15, -0.1) is 0 Å². The molecule has 1 amide bonds. The Morgan fingerprint density at radius 2 is 1.95 bits per heavy atom. The molecule has 21 heavy (non-hydrogen) atoms. The molecule has 0 spiro atoms. The average Bonchev–Trinajstić information content (AvgIpc) is 2.45. The lowest BCUT2D eigenvalue weighted by Gasteiger charge is -2.20.